The fraction of sp³-hybridized carbons (Fsp3) is 0.462. The Hall–Kier alpha value is -1.39. The van der Waals surface area contributed by atoms with Gasteiger partial charge in [-0.3, -0.25) is 4.90 Å². The van der Waals surface area contributed by atoms with Gasteiger partial charge in [-0.2, -0.15) is 0 Å². The number of benzene rings is 1. The van der Waals surface area contributed by atoms with Gasteiger partial charge in [-0.15, -0.1) is 0 Å². The van der Waals surface area contributed by atoms with E-state index in [-0.39, 0.29) is 0 Å². The van der Waals surface area contributed by atoms with Gasteiger partial charge in [0.25, 0.3) is 0 Å². The topological polar surface area (TPSA) is 52.6 Å². The van der Waals surface area contributed by atoms with Crippen molar-refractivity contribution in [2.45, 2.75) is 19.5 Å². The Bertz CT molecular complexity index is 406. The predicted octanol–water partition coefficient (Wildman–Crippen LogP) is 1.18. The molecule has 17 heavy (non-hydrogen) atoms. The summed E-state index contributed by atoms with van der Waals surface area (Å²) >= 11 is 0. The van der Waals surface area contributed by atoms with Crippen LogP contribution in [0.3, 0.4) is 0 Å². The van der Waals surface area contributed by atoms with E-state index in [1.54, 1.807) is 12.1 Å². The second-order valence-corrected chi connectivity index (χ2v) is 4.53. The van der Waals surface area contributed by atoms with E-state index >= 15 is 0 Å². The zero-order valence-electron chi connectivity index (χ0n) is 10.0. The number of carboxylic acids is 1. The summed E-state index contributed by atoms with van der Waals surface area (Å²) in [6.45, 7) is 6.03. The van der Waals surface area contributed by atoms with Crippen molar-refractivity contribution in [3.8, 4) is 0 Å². The van der Waals surface area contributed by atoms with Crippen LogP contribution in [0.15, 0.2) is 24.3 Å². The third-order valence-corrected chi connectivity index (χ3v) is 3.20. The number of hydrogen-bond acceptors (Lipinski definition) is 3. The first-order valence-corrected chi connectivity index (χ1v) is 5.94. The Kier molecular flexibility index (Phi) is 3.76. The number of rotatable bonds is 3. The van der Waals surface area contributed by atoms with Crippen molar-refractivity contribution in [1.29, 1.82) is 0 Å². The van der Waals surface area contributed by atoms with Gasteiger partial charge in [0.05, 0.1) is 5.56 Å². The lowest BCUT2D eigenvalue weighted by atomic mass is 10.1. The van der Waals surface area contributed by atoms with Crippen LogP contribution in [0.1, 0.15) is 22.8 Å². The van der Waals surface area contributed by atoms with Gasteiger partial charge in [0.15, 0.2) is 0 Å². The van der Waals surface area contributed by atoms with Crippen molar-refractivity contribution in [3.63, 3.8) is 0 Å². The van der Waals surface area contributed by atoms with Crippen molar-refractivity contribution >= 4 is 5.97 Å². The molecule has 0 bridgehead atoms. The zero-order chi connectivity index (χ0) is 12.3. The summed E-state index contributed by atoms with van der Waals surface area (Å²) in [5, 5.41) is 12.3. The minimum absolute atomic E-state index is 0.366. The van der Waals surface area contributed by atoms with Crippen LogP contribution in [0.5, 0.6) is 0 Å². The molecule has 1 aliphatic heterocycles. The van der Waals surface area contributed by atoms with Gasteiger partial charge in [-0.25, -0.2) is 4.79 Å². The van der Waals surface area contributed by atoms with Gasteiger partial charge in [0.2, 0.25) is 0 Å². The van der Waals surface area contributed by atoms with Gasteiger partial charge >= 0.3 is 5.97 Å². The second kappa shape index (κ2) is 5.29. The van der Waals surface area contributed by atoms with E-state index in [4.69, 9.17) is 5.11 Å². The van der Waals surface area contributed by atoms with E-state index in [1.807, 2.05) is 12.1 Å². The van der Waals surface area contributed by atoms with E-state index in [0.717, 1.165) is 31.7 Å². The standard InChI is InChI=1S/C13H18N2O2/c1-10-8-14-5-6-15(10)9-11-3-2-4-12(7-11)13(16)17/h2-4,7,10,14H,5-6,8-9H2,1H3,(H,16,17). The van der Waals surface area contributed by atoms with Crippen molar-refractivity contribution in [2.75, 3.05) is 19.6 Å². The van der Waals surface area contributed by atoms with E-state index in [2.05, 4.69) is 17.1 Å². The van der Waals surface area contributed by atoms with Gasteiger partial charge in [-0.1, -0.05) is 12.1 Å². The number of nitrogens with zero attached hydrogens (tertiary/aromatic N) is 1. The first-order valence-electron chi connectivity index (χ1n) is 5.94. The molecule has 1 saturated heterocycles. The first-order chi connectivity index (χ1) is 8.16. The molecule has 0 saturated carbocycles. The quantitative estimate of drug-likeness (QED) is 0.824. The summed E-state index contributed by atoms with van der Waals surface area (Å²) in [6.07, 6.45) is 0. The highest BCUT2D eigenvalue weighted by atomic mass is 16.4. The number of aromatic carboxylic acids is 1. The summed E-state index contributed by atoms with van der Waals surface area (Å²) in [4.78, 5) is 13.3. The van der Waals surface area contributed by atoms with Crippen LogP contribution in [-0.2, 0) is 6.54 Å². The zero-order valence-corrected chi connectivity index (χ0v) is 10.0. The summed E-state index contributed by atoms with van der Waals surface area (Å²) in [7, 11) is 0. The number of carboxylic acid groups (broad SMARTS) is 1. The largest absolute Gasteiger partial charge is 0.478 e. The molecule has 92 valence electrons. The molecule has 0 radical (unpaired) electrons. The number of hydrogen-bond donors (Lipinski definition) is 2. The third kappa shape index (κ3) is 3.05. The molecule has 0 aromatic heterocycles. The first kappa shape index (κ1) is 12.1. The molecule has 2 N–H and O–H groups in total. The summed E-state index contributed by atoms with van der Waals surface area (Å²) in [5.41, 5.74) is 1.43. The normalized spacial score (nSPS) is 21.4. The molecule has 1 unspecified atom stereocenters. The van der Waals surface area contributed by atoms with Gasteiger partial charge < -0.3 is 10.4 Å². The summed E-state index contributed by atoms with van der Waals surface area (Å²) in [6, 6.07) is 7.69. The molecule has 1 heterocycles. The second-order valence-electron chi connectivity index (χ2n) is 4.53. The molecule has 1 aromatic carbocycles. The molecular weight excluding hydrogens is 216 g/mol. The Labute approximate surface area is 101 Å². The molecule has 1 fully saturated rings. The van der Waals surface area contributed by atoms with Crippen LogP contribution >= 0.6 is 0 Å². The molecule has 4 nitrogen and oxygen atoms in total. The van der Waals surface area contributed by atoms with Crippen LogP contribution in [0.4, 0.5) is 0 Å². The molecule has 1 atom stereocenters. The number of nitrogens with one attached hydrogen (secondary N) is 1. The van der Waals surface area contributed by atoms with Crippen molar-refractivity contribution in [2.24, 2.45) is 0 Å². The maximum atomic E-state index is 10.9. The van der Waals surface area contributed by atoms with Crippen LogP contribution in [0.25, 0.3) is 0 Å². The van der Waals surface area contributed by atoms with Crippen molar-refractivity contribution in [3.05, 3.63) is 35.4 Å². The Morgan fingerprint density at radius 2 is 2.41 bits per heavy atom. The lowest BCUT2D eigenvalue weighted by Crippen LogP contribution is -2.49. The molecular formula is C13H18N2O2. The molecule has 0 amide bonds. The Morgan fingerprint density at radius 3 is 3.12 bits per heavy atom. The van der Waals surface area contributed by atoms with Crippen LogP contribution in [-0.4, -0.2) is 41.7 Å². The van der Waals surface area contributed by atoms with E-state index in [0.29, 0.717) is 11.6 Å². The third-order valence-electron chi connectivity index (χ3n) is 3.20. The van der Waals surface area contributed by atoms with Gasteiger partial charge in [-0.05, 0) is 24.6 Å². The molecule has 0 spiro atoms. The van der Waals surface area contributed by atoms with Crippen LogP contribution in [0.2, 0.25) is 0 Å². The van der Waals surface area contributed by atoms with Gasteiger partial charge in [0, 0.05) is 32.2 Å². The average Bonchev–Trinajstić information content (AvgIpc) is 2.32. The molecule has 1 aromatic rings. The van der Waals surface area contributed by atoms with E-state index in [9.17, 15) is 4.79 Å². The minimum atomic E-state index is -0.861. The maximum Gasteiger partial charge on any atom is 0.335 e. The fourth-order valence-electron chi connectivity index (χ4n) is 2.16. The Morgan fingerprint density at radius 1 is 1.59 bits per heavy atom. The van der Waals surface area contributed by atoms with Crippen LogP contribution < -0.4 is 5.32 Å². The highest BCUT2D eigenvalue weighted by molar-refractivity contribution is 5.87. The SMILES string of the molecule is CC1CNCCN1Cc1cccc(C(=O)O)c1. The van der Waals surface area contributed by atoms with E-state index < -0.39 is 5.97 Å². The minimum Gasteiger partial charge on any atom is -0.478 e. The molecule has 2 rings (SSSR count). The fourth-order valence-corrected chi connectivity index (χ4v) is 2.16. The Balaban J connectivity index is 2.07. The molecule has 4 heteroatoms. The monoisotopic (exact) mass is 234 g/mol. The smallest absolute Gasteiger partial charge is 0.335 e. The van der Waals surface area contributed by atoms with Crippen LogP contribution in [0, 0.1) is 0 Å². The highest BCUT2D eigenvalue weighted by Crippen LogP contribution is 2.12. The maximum absolute atomic E-state index is 10.9. The molecule has 0 aliphatic carbocycles. The van der Waals surface area contributed by atoms with Crippen molar-refractivity contribution in [1.82, 2.24) is 10.2 Å². The lowest BCUT2D eigenvalue weighted by Gasteiger charge is -2.33. The lowest BCUT2D eigenvalue weighted by molar-refractivity contribution is 0.0696. The molecule has 1 aliphatic rings. The average molecular weight is 234 g/mol. The highest BCUT2D eigenvalue weighted by Gasteiger charge is 2.17. The van der Waals surface area contributed by atoms with E-state index in [1.165, 1.54) is 0 Å². The summed E-state index contributed by atoms with van der Waals surface area (Å²) < 4.78 is 0. The summed E-state index contributed by atoms with van der Waals surface area (Å²) in [5.74, 6) is -0.861. The van der Waals surface area contributed by atoms with Crippen molar-refractivity contribution < 1.29 is 9.90 Å². The predicted molar refractivity (Wildman–Crippen MR) is 66.1 cm³/mol. The number of carbonyl (C=O) groups is 1. The van der Waals surface area contributed by atoms with Gasteiger partial charge in [0.1, 0.15) is 0 Å². The number of piperazine rings is 1.